The van der Waals surface area contributed by atoms with E-state index in [1.165, 1.54) is 12.1 Å². The quantitative estimate of drug-likeness (QED) is 0.837. The first-order valence-electron chi connectivity index (χ1n) is 6.07. The van der Waals surface area contributed by atoms with Crippen molar-refractivity contribution in [2.24, 2.45) is 0 Å². The molecule has 0 aliphatic rings. The smallest absolute Gasteiger partial charge is 0.124 e. The van der Waals surface area contributed by atoms with Gasteiger partial charge in [-0.1, -0.05) is 13.8 Å². The molecule has 0 fully saturated rings. The second-order valence-electron chi connectivity index (χ2n) is 4.44. The Hall–Kier alpha value is -1.35. The summed E-state index contributed by atoms with van der Waals surface area (Å²) in [6.07, 6.45) is 0.914. The standard InChI is InChI=1S/C14H18FNO/c1-4-11-13(12(17)5-2)10-7-9(15)6-8(3)14(10)16-11/h6-7,12,16-17H,4-5H2,1-3H3. The van der Waals surface area contributed by atoms with E-state index in [1.807, 2.05) is 20.8 Å². The molecule has 1 aromatic heterocycles. The van der Waals surface area contributed by atoms with Gasteiger partial charge in [0, 0.05) is 22.2 Å². The summed E-state index contributed by atoms with van der Waals surface area (Å²) in [6, 6.07) is 3.02. The molecule has 0 aliphatic heterocycles. The highest BCUT2D eigenvalue weighted by Gasteiger charge is 2.18. The van der Waals surface area contributed by atoms with Crippen molar-refractivity contribution >= 4 is 10.9 Å². The SMILES string of the molecule is CCc1[nH]c2c(C)cc(F)cc2c1C(O)CC. The first-order valence-corrected chi connectivity index (χ1v) is 6.07. The summed E-state index contributed by atoms with van der Waals surface area (Å²) in [7, 11) is 0. The maximum Gasteiger partial charge on any atom is 0.124 e. The molecule has 0 spiro atoms. The summed E-state index contributed by atoms with van der Waals surface area (Å²) in [5.74, 6) is -0.249. The number of nitrogens with one attached hydrogen (secondary N) is 1. The Morgan fingerprint density at radius 2 is 2.06 bits per heavy atom. The number of halogens is 1. The van der Waals surface area contributed by atoms with Crippen LogP contribution < -0.4 is 0 Å². The zero-order valence-corrected chi connectivity index (χ0v) is 10.5. The lowest BCUT2D eigenvalue weighted by atomic mass is 10.0. The summed E-state index contributed by atoms with van der Waals surface area (Å²) in [4.78, 5) is 3.30. The van der Waals surface area contributed by atoms with Crippen LogP contribution >= 0.6 is 0 Å². The first-order chi connectivity index (χ1) is 8.08. The van der Waals surface area contributed by atoms with Crippen molar-refractivity contribution in [3.63, 3.8) is 0 Å². The lowest BCUT2D eigenvalue weighted by Crippen LogP contribution is -1.98. The molecule has 0 amide bonds. The lowest BCUT2D eigenvalue weighted by Gasteiger charge is -2.09. The van der Waals surface area contributed by atoms with Crippen molar-refractivity contribution in [3.05, 3.63) is 34.8 Å². The van der Waals surface area contributed by atoms with Crippen molar-refractivity contribution in [2.45, 2.75) is 39.7 Å². The number of hydrogen-bond acceptors (Lipinski definition) is 1. The molecule has 2 rings (SSSR count). The van der Waals surface area contributed by atoms with E-state index in [2.05, 4.69) is 4.98 Å². The Morgan fingerprint density at radius 3 is 2.65 bits per heavy atom. The van der Waals surface area contributed by atoms with Crippen LogP contribution in [0, 0.1) is 12.7 Å². The van der Waals surface area contributed by atoms with Gasteiger partial charge in [-0.25, -0.2) is 4.39 Å². The molecule has 1 aromatic carbocycles. The third-order valence-electron chi connectivity index (χ3n) is 3.26. The van der Waals surface area contributed by atoms with Crippen LogP contribution in [0.25, 0.3) is 10.9 Å². The molecule has 3 heteroatoms. The van der Waals surface area contributed by atoms with Crippen LogP contribution in [0.2, 0.25) is 0 Å². The number of fused-ring (bicyclic) bond motifs is 1. The van der Waals surface area contributed by atoms with Crippen molar-refractivity contribution in [1.82, 2.24) is 4.98 Å². The molecular weight excluding hydrogens is 217 g/mol. The number of aromatic amines is 1. The van der Waals surface area contributed by atoms with Crippen molar-refractivity contribution in [1.29, 1.82) is 0 Å². The number of aromatic nitrogens is 1. The minimum absolute atomic E-state index is 0.249. The van der Waals surface area contributed by atoms with E-state index in [-0.39, 0.29) is 5.82 Å². The first kappa shape index (κ1) is 12.1. The van der Waals surface area contributed by atoms with Gasteiger partial charge < -0.3 is 10.1 Å². The van der Waals surface area contributed by atoms with Gasteiger partial charge in [0.25, 0.3) is 0 Å². The zero-order chi connectivity index (χ0) is 12.6. The van der Waals surface area contributed by atoms with Crippen LogP contribution in [0.15, 0.2) is 12.1 Å². The normalized spacial score (nSPS) is 13.2. The minimum Gasteiger partial charge on any atom is -0.388 e. The van der Waals surface area contributed by atoms with Gasteiger partial charge in [-0.2, -0.15) is 0 Å². The Morgan fingerprint density at radius 1 is 1.35 bits per heavy atom. The predicted molar refractivity (Wildman–Crippen MR) is 67.6 cm³/mol. The number of aliphatic hydroxyl groups excluding tert-OH is 1. The number of aryl methyl sites for hydroxylation is 2. The summed E-state index contributed by atoms with van der Waals surface area (Å²) < 4.78 is 13.5. The van der Waals surface area contributed by atoms with Crippen LogP contribution in [0.5, 0.6) is 0 Å². The largest absolute Gasteiger partial charge is 0.388 e. The molecule has 0 saturated heterocycles. The maximum absolute atomic E-state index is 13.5. The van der Waals surface area contributed by atoms with E-state index in [0.29, 0.717) is 6.42 Å². The fourth-order valence-electron chi connectivity index (χ4n) is 2.37. The predicted octanol–water partition coefficient (Wildman–Crippen LogP) is 3.62. The van der Waals surface area contributed by atoms with Gasteiger partial charge in [0.05, 0.1) is 6.10 Å². The van der Waals surface area contributed by atoms with Gasteiger partial charge in [-0.3, -0.25) is 0 Å². The Kier molecular flexibility index (Phi) is 3.20. The van der Waals surface area contributed by atoms with Crippen molar-refractivity contribution in [2.75, 3.05) is 0 Å². The highest BCUT2D eigenvalue weighted by atomic mass is 19.1. The Bertz CT molecular complexity index is 545. The van der Waals surface area contributed by atoms with E-state index in [0.717, 1.165) is 34.1 Å². The highest BCUT2D eigenvalue weighted by molar-refractivity contribution is 5.87. The van der Waals surface area contributed by atoms with E-state index in [1.54, 1.807) is 0 Å². The molecular formula is C14H18FNO. The third-order valence-corrected chi connectivity index (χ3v) is 3.26. The van der Waals surface area contributed by atoms with Crippen LogP contribution in [-0.4, -0.2) is 10.1 Å². The van der Waals surface area contributed by atoms with Gasteiger partial charge in [-0.15, -0.1) is 0 Å². The fraction of sp³-hybridized carbons (Fsp3) is 0.429. The number of H-pyrrole nitrogens is 1. The van der Waals surface area contributed by atoms with Crippen molar-refractivity contribution in [3.8, 4) is 0 Å². The van der Waals surface area contributed by atoms with Crippen molar-refractivity contribution < 1.29 is 9.50 Å². The molecule has 1 atom stereocenters. The topological polar surface area (TPSA) is 36.0 Å². The second-order valence-corrected chi connectivity index (χ2v) is 4.44. The van der Waals surface area contributed by atoms with Gasteiger partial charge in [-0.05, 0) is 37.5 Å². The van der Waals surface area contributed by atoms with Gasteiger partial charge in [0.1, 0.15) is 5.82 Å². The molecule has 92 valence electrons. The minimum atomic E-state index is -0.528. The highest BCUT2D eigenvalue weighted by Crippen LogP contribution is 2.32. The number of rotatable bonds is 3. The second kappa shape index (κ2) is 4.49. The number of benzene rings is 1. The van der Waals surface area contributed by atoms with Gasteiger partial charge in [0.15, 0.2) is 0 Å². The molecule has 1 unspecified atom stereocenters. The van der Waals surface area contributed by atoms with Crippen LogP contribution in [0.3, 0.4) is 0 Å². The molecule has 1 heterocycles. The molecule has 0 saturated carbocycles. The number of hydrogen-bond donors (Lipinski definition) is 2. The van der Waals surface area contributed by atoms with E-state index in [4.69, 9.17) is 0 Å². The van der Waals surface area contributed by atoms with Crippen LogP contribution in [-0.2, 0) is 6.42 Å². The fourth-order valence-corrected chi connectivity index (χ4v) is 2.37. The maximum atomic E-state index is 13.5. The third kappa shape index (κ3) is 1.95. The van der Waals surface area contributed by atoms with Crippen LogP contribution in [0.4, 0.5) is 4.39 Å². The molecule has 2 N–H and O–H groups in total. The van der Waals surface area contributed by atoms with E-state index in [9.17, 15) is 9.50 Å². The summed E-state index contributed by atoms with van der Waals surface area (Å²) in [5.41, 5.74) is 3.67. The lowest BCUT2D eigenvalue weighted by molar-refractivity contribution is 0.174. The Labute approximate surface area is 100 Å². The monoisotopic (exact) mass is 235 g/mol. The van der Waals surface area contributed by atoms with Gasteiger partial charge in [0.2, 0.25) is 0 Å². The molecule has 0 radical (unpaired) electrons. The number of aliphatic hydroxyl groups is 1. The molecule has 2 aromatic rings. The summed E-state index contributed by atoms with van der Waals surface area (Å²) >= 11 is 0. The summed E-state index contributed by atoms with van der Waals surface area (Å²) in [6.45, 7) is 5.83. The molecule has 17 heavy (non-hydrogen) atoms. The average Bonchev–Trinajstić information content (AvgIpc) is 2.66. The van der Waals surface area contributed by atoms with E-state index >= 15 is 0 Å². The van der Waals surface area contributed by atoms with Gasteiger partial charge >= 0.3 is 0 Å². The molecule has 0 aliphatic carbocycles. The zero-order valence-electron chi connectivity index (χ0n) is 10.5. The summed E-state index contributed by atoms with van der Waals surface area (Å²) in [5, 5.41) is 10.9. The average molecular weight is 235 g/mol. The molecule has 0 bridgehead atoms. The molecule has 2 nitrogen and oxygen atoms in total. The Balaban J connectivity index is 2.78. The van der Waals surface area contributed by atoms with Crippen LogP contribution in [0.1, 0.15) is 43.2 Å². The van der Waals surface area contributed by atoms with E-state index < -0.39 is 6.10 Å².